The lowest BCUT2D eigenvalue weighted by Crippen LogP contribution is -2.15. The third-order valence-electron chi connectivity index (χ3n) is 3.15. The second-order valence-corrected chi connectivity index (χ2v) is 4.67. The lowest BCUT2D eigenvalue weighted by Gasteiger charge is -2.20. The number of ether oxygens (including phenoxy) is 2. The minimum absolute atomic E-state index is 0.191. The van der Waals surface area contributed by atoms with Crippen LogP contribution in [-0.4, -0.2) is 23.0 Å². The Hall–Kier alpha value is -2.17. The van der Waals surface area contributed by atoms with Crippen molar-refractivity contribution < 1.29 is 9.47 Å². The average Bonchev–Trinajstić information content (AvgIpc) is 2.85. The van der Waals surface area contributed by atoms with E-state index in [-0.39, 0.29) is 6.04 Å². The van der Waals surface area contributed by atoms with Gasteiger partial charge in [-0.2, -0.15) is 5.10 Å². The standard InChI is InChI=1S/C14H17N3O2/c1-10(11-8-15-17(2)9-11)16-12-3-4-13-14(7-12)19-6-5-18-13/h3-4,7-10,16H,5-6H2,1-2H3. The van der Waals surface area contributed by atoms with E-state index in [1.165, 1.54) is 0 Å². The lowest BCUT2D eigenvalue weighted by atomic mass is 10.1. The number of nitrogens with zero attached hydrogens (tertiary/aromatic N) is 2. The monoisotopic (exact) mass is 259 g/mol. The number of fused-ring (bicyclic) bond motifs is 1. The van der Waals surface area contributed by atoms with Gasteiger partial charge in [-0.15, -0.1) is 0 Å². The van der Waals surface area contributed by atoms with E-state index >= 15 is 0 Å². The van der Waals surface area contributed by atoms with Crippen molar-refractivity contribution in [1.82, 2.24) is 9.78 Å². The highest BCUT2D eigenvalue weighted by Crippen LogP contribution is 2.33. The average molecular weight is 259 g/mol. The zero-order valence-corrected chi connectivity index (χ0v) is 11.1. The summed E-state index contributed by atoms with van der Waals surface area (Å²) in [5.41, 5.74) is 2.16. The van der Waals surface area contributed by atoms with E-state index in [9.17, 15) is 0 Å². The smallest absolute Gasteiger partial charge is 0.163 e. The van der Waals surface area contributed by atoms with Crippen LogP contribution >= 0.6 is 0 Å². The first-order chi connectivity index (χ1) is 9.22. The molecular formula is C14H17N3O2. The molecule has 1 unspecified atom stereocenters. The fourth-order valence-electron chi connectivity index (χ4n) is 2.13. The third-order valence-corrected chi connectivity index (χ3v) is 3.15. The van der Waals surface area contributed by atoms with Crippen LogP contribution in [0, 0.1) is 0 Å². The Morgan fingerprint density at radius 2 is 2.05 bits per heavy atom. The Labute approximate surface area is 112 Å². The second kappa shape index (κ2) is 4.84. The Morgan fingerprint density at radius 1 is 1.26 bits per heavy atom. The van der Waals surface area contributed by atoms with Crippen LogP contribution in [0.1, 0.15) is 18.5 Å². The van der Waals surface area contributed by atoms with Gasteiger partial charge in [-0.25, -0.2) is 0 Å². The molecule has 0 amide bonds. The van der Waals surface area contributed by atoms with Gasteiger partial charge in [-0.05, 0) is 19.1 Å². The van der Waals surface area contributed by atoms with Crippen molar-refractivity contribution in [2.24, 2.45) is 7.05 Å². The predicted molar refractivity (Wildman–Crippen MR) is 72.7 cm³/mol. The first-order valence-electron chi connectivity index (χ1n) is 6.37. The van der Waals surface area contributed by atoms with E-state index in [2.05, 4.69) is 17.3 Å². The topological polar surface area (TPSA) is 48.3 Å². The van der Waals surface area contributed by atoms with Gasteiger partial charge in [0.05, 0.1) is 12.2 Å². The molecule has 0 saturated carbocycles. The number of nitrogens with one attached hydrogen (secondary N) is 1. The van der Waals surface area contributed by atoms with Crippen molar-refractivity contribution in [3.05, 3.63) is 36.2 Å². The van der Waals surface area contributed by atoms with Gasteiger partial charge in [-0.1, -0.05) is 0 Å². The number of aromatic nitrogens is 2. The largest absolute Gasteiger partial charge is 0.486 e. The van der Waals surface area contributed by atoms with Gasteiger partial charge in [-0.3, -0.25) is 4.68 Å². The molecule has 5 nitrogen and oxygen atoms in total. The van der Waals surface area contributed by atoms with Crippen LogP contribution in [0.4, 0.5) is 5.69 Å². The van der Waals surface area contributed by atoms with Crippen LogP contribution < -0.4 is 14.8 Å². The summed E-state index contributed by atoms with van der Waals surface area (Å²) < 4.78 is 12.9. The molecule has 1 aromatic heterocycles. The van der Waals surface area contributed by atoms with E-state index in [0.29, 0.717) is 13.2 Å². The summed E-state index contributed by atoms with van der Waals surface area (Å²) in [4.78, 5) is 0. The van der Waals surface area contributed by atoms with E-state index < -0.39 is 0 Å². The molecule has 5 heteroatoms. The van der Waals surface area contributed by atoms with Crippen LogP contribution in [0.2, 0.25) is 0 Å². The molecule has 2 heterocycles. The molecule has 1 N–H and O–H groups in total. The van der Waals surface area contributed by atoms with Crippen molar-refractivity contribution in [1.29, 1.82) is 0 Å². The summed E-state index contributed by atoms with van der Waals surface area (Å²) in [5, 5.41) is 7.61. The van der Waals surface area contributed by atoms with Crippen molar-refractivity contribution in [3.8, 4) is 11.5 Å². The fraction of sp³-hybridized carbons (Fsp3) is 0.357. The second-order valence-electron chi connectivity index (χ2n) is 4.67. The van der Waals surface area contributed by atoms with Gasteiger partial charge in [0, 0.05) is 30.6 Å². The molecule has 0 bridgehead atoms. The summed E-state index contributed by atoms with van der Waals surface area (Å²) in [6, 6.07) is 6.10. The minimum Gasteiger partial charge on any atom is -0.486 e. The van der Waals surface area contributed by atoms with Crippen LogP contribution in [0.3, 0.4) is 0 Å². The maximum atomic E-state index is 5.57. The Morgan fingerprint density at radius 3 is 2.79 bits per heavy atom. The molecule has 0 spiro atoms. The summed E-state index contributed by atoms with van der Waals surface area (Å²) in [6.07, 6.45) is 3.88. The number of rotatable bonds is 3. The molecule has 2 aromatic rings. The SMILES string of the molecule is CC(Nc1ccc2c(c1)OCCO2)c1cnn(C)c1. The zero-order valence-electron chi connectivity index (χ0n) is 11.1. The maximum absolute atomic E-state index is 5.57. The summed E-state index contributed by atoms with van der Waals surface area (Å²) >= 11 is 0. The van der Waals surface area contributed by atoms with Gasteiger partial charge in [0.2, 0.25) is 0 Å². The van der Waals surface area contributed by atoms with E-state index in [4.69, 9.17) is 9.47 Å². The molecule has 1 aliphatic heterocycles. The highest BCUT2D eigenvalue weighted by atomic mass is 16.6. The molecule has 3 rings (SSSR count). The van der Waals surface area contributed by atoms with Crippen molar-refractivity contribution in [2.45, 2.75) is 13.0 Å². The van der Waals surface area contributed by atoms with Crippen molar-refractivity contribution in [2.75, 3.05) is 18.5 Å². The first kappa shape index (κ1) is 11.9. The van der Waals surface area contributed by atoms with Crippen LogP contribution in [0.15, 0.2) is 30.6 Å². The van der Waals surface area contributed by atoms with Crippen LogP contribution in [-0.2, 0) is 7.05 Å². The molecule has 100 valence electrons. The Bertz CT molecular complexity index is 580. The maximum Gasteiger partial charge on any atom is 0.163 e. The molecule has 0 saturated heterocycles. The Kier molecular flexibility index (Phi) is 3.03. The highest BCUT2D eigenvalue weighted by molar-refractivity contribution is 5.56. The number of anilines is 1. The summed E-state index contributed by atoms with van der Waals surface area (Å²) in [7, 11) is 1.92. The van der Waals surface area contributed by atoms with Gasteiger partial charge in [0.1, 0.15) is 13.2 Å². The lowest BCUT2D eigenvalue weighted by molar-refractivity contribution is 0.171. The number of hydrogen-bond acceptors (Lipinski definition) is 4. The quantitative estimate of drug-likeness (QED) is 0.919. The van der Waals surface area contributed by atoms with Crippen molar-refractivity contribution in [3.63, 3.8) is 0 Å². The summed E-state index contributed by atoms with van der Waals surface area (Å²) in [5.74, 6) is 1.61. The number of hydrogen-bond donors (Lipinski definition) is 1. The molecule has 1 aliphatic rings. The van der Waals surface area contributed by atoms with Gasteiger partial charge < -0.3 is 14.8 Å². The van der Waals surface area contributed by atoms with E-state index in [1.807, 2.05) is 37.6 Å². The first-order valence-corrected chi connectivity index (χ1v) is 6.37. The van der Waals surface area contributed by atoms with Crippen LogP contribution in [0.25, 0.3) is 0 Å². The summed E-state index contributed by atoms with van der Waals surface area (Å²) in [6.45, 7) is 3.33. The molecule has 0 fully saturated rings. The normalized spacial score (nSPS) is 15.1. The molecular weight excluding hydrogens is 242 g/mol. The Balaban J connectivity index is 1.76. The highest BCUT2D eigenvalue weighted by Gasteiger charge is 2.13. The minimum atomic E-state index is 0.191. The molecule has 1 aromatic carbocycles. The van der Waals surface area contributed by atoms with Gasteiger partial charge >= 0.3 is 0 Å². The molecule has 19 heavy (non-hydrogen) atoms. The third kappa shape index (κ3) is 2.50. The van der Waals surface area contributed by atoms with E-state index in [0.717, 1.165) is 22.7 Å². The fourth-order valence-corrected chi connectivity index (χ4v) is 2.13. The number of benzene rings is 1. The van der Waals surface area contributed by atoms with E-state index in [1.54, 1.807) is 4.68 Å². The molecule has 0 aliphatic carbocycles. The predicted octanol–water partition coefficient (Wildman–Crippen LogP) is 2.36. The van der Waals surface area contributed by atoms with Crippen LogP contribution in [0.5, 0.6) is 11.5 Å². The zero-order chi connectivity index (χ0) is 13.2. The van der Waals surface area contributed by atoms with Gasteiger partial charge in [0.25, 0.3) is 0 Å². The molecule has 1 atom stereocenters. The van der Waals surface area contributed by atoms with Crippen molar-refractivity contribution >= 4 is 5.69 Å². The molecule has 0 radical (unpaired) electrons. The number of aryl methyl sites for hydroxylation is 1. The van der Waals surface area contributed by atoms with Gasteiger partial charge in [0.15, 0.2) is 11.5 Å².